The van der Waals surface area contributed by atoms with Crippen molar-refractivity contribution in [3.8, 4) is 5.75 Å². The first-order valence-electron chi connectivity index (χ1n) is 3.84. The molecule has 0 bridgehead atoms. The average Bonchev–Trinajstić information content (AvgIpc) is 2.08. The Hall–Kier alpha value is -1.07. The Balaban J connectivity index is 2.64. The molecule has 5 heteroatoms. The third-order valence-electron chi connectivity index (χ3n) is 1.40. The van der Waals surface area contributed by atoms with Crippen molar-refractivity contribution in [3.63, 3.8) is 0 Å². The molecule has 1 rings (SSSR count). The topological polar surface area (TPSA) is 61.4 Å². The molecule has 1 atom stereocenters. The Labute approximate surface area is 79.4 Å². The van der Waals surface area contributed by atoms with Crippen LogP contribution in [0, 0.1) is 0 Å². The highest BCUT2D eigenvalue weighted by atomic mass is 32.2. The molecule has 0 saturated carbocycles. The van der Waals surface area contributed by atoms with Gasteiger partial charge in [0.05, 0.1) is 0 Å². The maximum Gasteiger partial charge on any atom is 0.139 e. The largest absolute Gasteiger partial charge is 0.740 e. The second-order valence-corrected chi connectivity index (χ2v) is 2.92. The van der Waals surface area contributed by atoms with E-state index in [1.807, 2.05) is 6.92 Å². The Morgan fingerprint density at radius 3 is 2.54 bits per heavy atom. The van der Waals surface area contributed by atoms with Gasteiger partial charge in [-0.25, -0.2) is 4.21 Å². The SMILES string of the molecule is CCNc1ccc(OS(=O)[O-])cc1. The summed E-state index contributed by atoms with van der Waals surface area (Å²) < 4.78 is 24.7. The predicted octanol–water partition coefficient (Wildman–Crippen LogP) is 1.29. The smallest absolute Gasteiger partial charge is 0.139 e. The molecule has 0 radical (unpaired) electrons. The van der Waals surface area contributed by atoms with E-state index in [2.05, 4.69) is 9.50 Å². The first-order chi connectivity index (χ1) is 6.22. The quantitative estimate of drug-likeness (QED) is 0.744. The lowest BCUT2D eigenvalue weighted by Crippen LogP contribution is -1.99. The van der Waals surface area contributed by atoms with E-state index in [0.29, 0.717) is 5.75 Å². The van der Waals surface area contributed by atoms with Gasteiger partial charge in [-0.2, -0.15) is 0 Å². The highest BCUT2D eigenvalue weighted by molar-refractivity contribution is 7.74. The molecule has 1 aromatic rings. The van der Waals surface area contributed by atoms with E-state index in [1.54, 1.807) is 24.3 Å². The van der Waals surface area contributed by atoms with Crippen LogP contribution in [0.1, 0.15) is 6.92 Å². The summed E-state index contributed by atoms with van der Waals surface area (Å²) in [5, 5.41) is 3.08. The van der Waals surface area contributed by atoms with Gasteiger partial charge in [-0.05, 0) is 31.2 Å². The summed E-state index contributed by atoms with van der Waals surface area (Å²) >= 11 is -2.50. The molecule has 13 heavy (non-hydrogen) atoms. The molecule has 4 nitrogen and oxygen atoms in total. The number of hydrogen-bond donors (Lipinski definition) is 1. The van der Waals surface area contributed by atoms with Crippen molar-refractivity contribution in [2.24, 2.45) is 0 Å². The fourth-order valence-electron chi connectivity index (χ4n) is 0.911. The molecule has 0 saturated heterocycles. The zero-order chi connectivity index (χ0) is 9.68. The molecule has 0 aliphatic heterocycles. The summed E-state index contributed by atoms with van der Waals surface area (Å²) in [6.45, 7) is 2.81. The molecule has 0 spiro atoms. The van der Waals surface area contributed by atoms with Crippen LogP contribution < -0.4 is 9.50 Å². The Morgan fingerprint density at radius 2 is 2.08 bits per heavy atom. The maximum absolute atomic E-state index is 10.1. The summed E-state index contributed by atoms with van der Waals surface area (Å²) in [6.07, 6.45) is 0. The maximum atomic E-state index is 10.1. The molecule has 1 unspecified atom stereocenters. The molecule has 0 aliphatic carbocycles. The average molecular weight is 200 g/mol. The van der Waals surface area contributed by atoms with Gasteiger partial charge in [0.15, 0.2) is 0 Å². The summed E-state index contributed by atoms with van der Waals surface area (Å²) in [4.78, 5) is 0. The number of nitrogens with one attached hydrogen (secondary N) is 1. The standard InChI is InChI=1S/C8H11NO3S/c1-2-9-7-3-5-8(6-4-7)12-13(10)11/h3-6,9H,2H2,1H3,(H,10,11)/p-1. The summed E-state index contributed by atoms with van der Waals surface area (Å²) in [5.41, 5.74) is 0.937. The Kier molecular flexibility index (Phi) is 3.72. The first kappa shape index (κ1) is 10.0. The van der Waals surface area contributed by atoms with E-state index in [0.717, 1.165) is 12.2 Å². The van der Waals surface area contributed by atoms with Gasteiger partial charge in [0.1, 0.15) is 17.1 Å². The Morgan fingerprint density at radius 1 is 1.46 bits per heavy atom. The van der Waals surface area contributed by atoms with Crippen LogP contribution in [-0.2, 0) is 11.4 Å². The lowest BCUT2D eigenvalue weighted by atomic mass is 10.3. The van der Waals surface area contributed by atoms with Crippen LogP contribution >= 0.6 is 0 Å². The fraction of sp³-hybridized carbons (Fsp3) is 0.250. The minimum absolute atomic E-state index is 0.315. The molecule has 1 N–H and O–H groups in total. The van der Waals surface area contributed by atoms with E-state index >= 15 is 0 Å². The van der Waals surface area contributed by atoms with E-state index in [1.165, 1.54) is 0 Å². The van der Waals surface area contributed by atoms with Crippen molar-refractivity contribution in [3.05, 3.63) is 24.3 Å². The normalized spacial score (nSPS) is 12.2. The van der Waals surface area contributed by atoms with E-state index in [-0.39, 0.29) is 0 Å². The highest BCUT2D eigenvalue weighted by Gasteiger charge is 1.93. The lowest BCUT2D eigenvalue weighted by Gasteiger charge is -2.07. The monoisotopic (exact) mass is 200 g/mol. The molecule has 0 heterocycles. The summed E-state index contributed by atoms with van der Waals surface area (Å²) in [7, 11) is 0. The number of rotatable bonds is 4. The number of benzene rings is 1. The Bertz CT molecular complexity index is 286. The molecule has 0 amide bonds. The fourth-order valence-corrected chi connectivity index (χ4v) is 1.18. The lowest BCUT2D eigenvalue weighted by molar-refractivity contribution is 0.440. The van der Waals surface area contributed by atoms with Crippen molar-refractivity contribution >= 4 is 17.0 Å². The van der Waals surface area contributed by atoms with Crippen LogP contribution in [-0.4, -0.2) is 15.3 Å². The summed E-state index contributed by atoms with van der Waals surface area (Å²) in [5.74, 6) is 0.315. The first-order valence-corrected chi connectivity index (χ1v) is 4.84. The van der Waals surface area contributed by atoms with E-state index < -0.39 is 11.4 Å². The number of anilines is 1. The van der Waals surface area contributed by atoms with E-state index in [4.69, 9.17) is 0 Å². The van der Waals surface area contributed by atoms with Crippen molar-refractivity contribution in [2.45, 2.75) is 6.92 Å². The zero-order valence-electron chi connectivity index (χ0n) is 7.15. The van der Waals surface area contributed by atoms with E-state index in [9.17, 15) is 8.76 Å². The molecule has 0 aliphatic rings. The summed E-state index contributed by atoms with van der Waals surface area (Å²) in [6, 6.07) is 6.69. The molecule has 72 valence electrons. The van der Waals surface area contributed by atoms with Gasteiger partial charge < -0.3 is 14.1 Å². The van der Waals surface area contributed by atoms with Gasteiger partial charge in [0.2, 0.25) is 0 Å². The highest BCUT2D eigenvalue weighted by Crippen LogP contribution is 2.15. The van der Waals surface area contributed by atoms with Gasteiger partial charge in [0, 0.05) is 12.2 Å². The van der Waals surface area contributed by atoms with Crippen molar-refractivity contribution in [1.82, 2.24) is 0 Å². The van der Waals surface area contributed by atoms with Gasteiger partial charge in [-0.3, -0.25) is 0 Å². The van der Waals surface area contributed by atoms with Crippen molar-refractivity contribution in [2.75, 3.05) is 11.9 Å². The van der Waals surface area contributed by atoms with Crippen LogP contribution in [0.25, 0.3) is 0 Å². The van der Waals surface area contributed by atoms with Crippen LogP contribution in [0.3, 0.4) is 0 Å². The van der Waals surface area contributed by atoms with Crippen LogP contribution in [0.4, 0.5) is 5.69 Å². The zero-order valence-corrected chi connectivity index (χ0v) is 7.97. The van der Waals surface area contributed by atoms with Gasteiger partial charge in [-0.1, -0.05) is 0 Å². The minimum Gasteiger partial charge on any atom is -0.740 e. The second kappa shape index (κ2) is 4.84. The minimum atomic E-state index is -2.50. The van der Waals surface area contributed by atoms with Gasteiger partial charge >= 0.3 is 0 Å². The van der Waals surface area contributed by atoms with Crippen LogP contribution in [0.2, 0.25) is 0 Å². The molecule has 1 aromatic carbocycles. The third-order valence-corrected chi connectivity index (χ3v) is 1.73. The second-order valence-electron chi connectivity index (χ2n) is 2.34. The van der Waals surface area contributed by atoms with Crippen molar-refractivity contribution < 1.29 is 12.9 Å². The van der Waals surface area contributed by atoms with Crippen molar-refractivity contribution in [1.29, 1.82) is 0 Å². The molecular formula is C8H10NO3S-. The molecular weight excluding hydrogens is 190 g/mol. The van der Waals surface area contributed by atoms with Crippen LogP contribution in [0.5, 0.6) is 5.75 Å². The van der Waals surface area contributed by atoms with Gasteiger partial charge in [-0.15, -0.1) is 0 Å². The third kappa shape index (κ3) is 3.43. The molecule has 0 fully saturated rings. The predicted molar refractivity (Wildman–Crippen MR) is 50.2 cm³/mol. The number of hydrogen-bond acceptors (Lipinski definition) is 4. The molecule has 0 aromatic heterocycles. The van der Waals surface area contributed by atoms with Crippen LogP contribution in [0.15, 0.2) is 24.3 Å². The van der Waals surface area contributed by atoms with Gasteiger partial charge in [0.25, 0.3) is 0 Å².